The molecule has 0 saturated heterocycles. The lowest BCUT2D eigenvalue weighted by molar-refractivity contribution is 0.0176. The van der Waals surface area contributed by atoms with E-state index in [1.165, 1.54) is 0 Å². The van der Waals surface area contributed by atoms with Crippen LogP contribution in [0, 0.1) is 0 Å². The Bertz CT molecular complexity index is 344. The zero-order valence-corrected chi connectivity index (χ0v) is 12.2. The van der Waals surface area contributed by atoms with Crippen molar-refractivity contribution in [3.05, 3.63) is 23.9 Å². The molecule has 0 saturated carbocycles. The third-order valence-corrected chi connectivity index (χ3v) is 2.57. The summed E-state index contributed by atoms with van der Waals surface area (Å²) in [6, 6.07) is 3.71. The number of hydrogen-bond acceptors (Lipinski definition) is 6. The van der Waals surface area contributed by atoms with E-state index in [-0.39, 0.29) is 6.04 Å². The summed E-state index contributed by atoms with van der Waals surface area (Å²) in [5, 5.41) is 0. The molecule has 0 unspecified atom stereocenters. The molecule has 20 heavy (non-hydrogen) atoms. The minimum absolute atomic E-state index is 0.0157. The van der Waals surface area contributed by atoms with E-state index in [9.17, 15) is 0 Å². The highest BCUT2D eigenvalue weighted by Crippen LogP contribution is 2.12. The molecular weight excluding hydrogens is 260 g/mol. The van der Waals surface area contributed by atoms with Crippen molar-refractivity contribution in [1.82, 2.24) is 4.98 Å². The fraction of sp³-hybridized carbons (Fsp3) is 0.643. The number of ether oxygens (including phenoxy) is 4. The fourth-order valence-electron chi connectivity index (χ4n) is 1.42. The van der Waals surface area contributed by atoms with E-state index in [1.807, 2.05) is 19.1 Å². The molecule has 0 aliphatic heterocycles. The van der Waals surface area contributed by atoms with Crippen molar-refractivity contribution in [1.29, 1.82) is 0 Å². The summed E-state index contributed by atoms with van der Waals surface area (Å²) in [5.41, 5.74) is 6.73. The summed E-state index contributed by atoms with van der Waals surface area (Å²) in [5.74, 6) is 0.578. The topological polar surface area (TPSA) is 75.8 Å². The van der Waals surface area contributed by atoms with Gasteiger partial charge in [-0.15, -0.1) is 0 Å². The molecule has 0 aromatic carbocycles. The average Bonchev–Trinajstić information content (AvgIpc) is 2.46. The van der Waals surface area contributed by atoms with Crippen LogP contribution in [-0.4, -0.2) is 51.7 Å². The third kappa shape index (κ3) is 7.40. The number of nitrogens with two attached hydrogens (primary N) is 1. The molecule has 1 aromatic heterocycles. The number of nitrogens with zero attached hydrogens (tertiary/aromatic N) is 1. The SMILES string of the molecule is COCCOCCOCCOc1ccc([C@H](C)N)cn1. The molecule has 1 heterocycles. The van der Waals surface area contributed by atoms with Gasteiger partial charge >= 0.3 is 0 Å². The van der Waals surface area contributed by atoms with Crippen molar-refractivity contribution >= 4 is 0 Å². The quantitative estimate of drug-likeness (QED) is 0.615. The number of hydrogen-bond donors (Lipinski definition) is 1. The Morgan fingerprint density at radius 1 is 1.05 bits per heavy atom. The molecule has 2 N–H and O–H groups in total. The minimum Gasteiger partial charge on any atom is -0.475 e. The summed E-state index contributed by atoms with van der Waals surface area (Å²) in [6.45, 7) is 5.18. The first-order valence-corrected chi connectivity index (χ1v) is 6.72. The van der Waals surface area contributed by atoms with Crippen LogP contribution in [0.5, 0.6) is 5.88 Å². The van der Waals surface area contributed by atoms with Gasteiger partial charge in [0.25, 0.3) is 0 Å². The van der Waals surface area contributed by atoms with Gasteiger partial charge in [0.1, 0.15) is 6.61 Å². The molecular formula is C14H24N2O4. The lowest BCUT2D eigenvalue weighted by Crippen LogP contribution is -2.12. The Hall–Kier alpha value is -1.21. The van der Waals surface area contributed by atoms with Gasteiger partial charge in [-0.25, -0.2) is 4.98 Å². The molecule has 0 amide bonds. The number of pyridine rings is 1. The van der Waals surface area contributed by atoms with Gasteiger partial charge in [0.05, 0.1) is 33.0 Å². The summed E-state index contributed by atoms with van der Waals surface area (Å²) in [6.07, 6.45) is 1.73. The van der Waals surface area contributed by atoms with Crippen LogP contribution in [-0.2, 0) is 14.2 Å². The molecule has 114 valence electrons. The van der Waals surface area contributed by atoms with Gasteiger partial charge in [0.15, 0.2) is 0 Å². The van der Waals surface area contributed by atoms with E-state index < -0.39 is 0 Å². The zero-order valence-electron chi connectivity index (χ0n) is 12.2. The smallest absolute Gasteiger partial charge is 0.213 e. The highest BCUT2D eigenvalue weighted by Gasteiger charge is 2.00. The predicted octanol–water partition coefficient (Wildman–Crippen LogP) is 1.16. The molecule has 1 atom stereocenters. The molecule has 0 bridgehead atoms. The van der Waals surface area contributed by atoms with Gasteiger partial charge < -0.3 is 24.7 Å². The molecule has 0 aliphatic rings. The second-order valence-corrected chi connectivity index (χ2v) is 4.28. The Balaban J connectivity index is 2.01. The van der Waals surface area contributed by atoms with E-state index in [1.54, 1.807) is 13.3 Å². The van der Waals surface area contributed by atoms with E-state index in [0.717, 1.165) is 5.56 Å². The lowest BCUT2D eigenvalue weighted by atomic mass is 10.2. The molecule has 0 spiro atoms. The van der Waals surface area contributed by atoms with Gasteiger partial charge in [-0.1, -0.05) is 6.07 Å². The van der Waals surface area contributed by atoms with Crippen LogP contribution in [0.2, 0.25) is 0 Å². The number of methoxy groups -OCH3 is 1. The maximum atomic E-state index is 5.74. The van der Waals surface area contributed by atoms with Crippen LogP contribution in [0.1, 0.15) is 18.5 Å². The van der Waals surface area contributed by atoms with Crippen molar-refractivity contribution in [3.8, 4) is 5.88 Å². The van der Waals surface area contributed by atoms with Crippen LogP contribution in [0.4, 0.5) is 0 Å². The van der Waals surface area contributed by atoms with Crippen LogP contribution >= 0.6 is 0 Å². The molecule has 0 fully saturated rings. The lowest BCUT2D eigenvalue weighted by Gasteiger charge is -2.08. The van der Waals surface area contributed by atoms with Crippen LogP contribution in [0.25, 0.3) is 0 Å². The largest absolute Gasteiger partial charge is 0.475 e. The zero-order chi connectivity index (χ0) is 14.6. The summed E-state index contributed by atoms with van der Waals surface area (Å²) in [7, 11) is 1.64. The number of rotatable bonds is 11. The van der Waals surface area contributed by atoms with Crippen molar-refractivity contribution in [2.45, 2.75) is 13.0 Å². The fourth-order valence-corrected chi connectivity index (χ4v) is 1.42. The summed E-state index contributed by atoms with van der Waals surface area (Å²) >= 11 is 0. The van der Waals surface area contributed by atoms with Gasteiger partial charge in [-0.05, 0) is 12.5 Å². The monoisotopic (exact) mass is 284 g/mol. The molecule has 0 aliphatic carbocycles. The first kappa shape index (κ1) is 16.8. The first-order valence-electron chi connectivity index (χ1n) is 6.72. The Morgan fingerprint density at radius 3 is 2.25 bits per heavy atom. The van der Waals surface area contributed by atoms with Crippen molar-refractivity contribution in [2.75, 3.05) is 46.8 Å². The maximum Gasteiger partial charge on any atom is 0.213 e. The molecule has 0 radical (unpaired) electrons. The van der Waals surface area contributed by atoms with Gasteiger partial charge in [-0.2, -0.15) is 0 Å². The normalized spacial score (nSPS) is 12.3. The molecule has 6 heteroatoms. The molecule has 1 aromatic rings. The Kier molecular flexibility index (Phi) is 8.90. The highest BCUT2D eigenvalue weighted by atomic mass is 16.6. The van der Waals surface area contributed by atoms with Crippen molar-refractivity contribution < 1.29 is 18.9 Å². The Morgan fingerprint density at radius 2 is 1.70 bits per heavy atom. The predicted molar refractivity (Wildman–Crippen MR) is 75.8 cm³/mol. The second-order valence-electron chi connectivity index (χ2n) is 4.28. The van der Waals surface area contributed by atoms with Crippen LogP contribution in [0.15, 0.2) is 18.3 Å². The average molecular weight is 284 g/mol. The highest BCUT2D eigenvalue weighted by molar-refractivity contribution is 5.19. The van der Waals surface area contributed by atoms with Crippen LogP contribution < -0.4 is 10.5 Å². The molecule has 6 nitrogen and oxygen atoms in total. The maximum absolute atomic E-state index is 5.74. The summed E-state index contributed by atoms with van der Waals surface area (Å²) < 4.78 is 20.9. The number of aromatic nitrogens is 1. The summed E-state index contributed by atoms with van der Waals surface area (Å²) in [4.78, 5) is 4.17. The van der Waals surface area contributed by atoms with E-state index >= 15 is 0 Å². The Labute approximate surface area is 120 Å². The third-order valence-electron chi connectivity index (χ3n) is 2.57. The van der Waals surface area contributed by atoms with E-state index in [4.69, 9.17) is 24.7 Å². The van der Waals surface area contributed by atoms with Crippen LogP contribution in [0.3, 0.4) is 0 Å². The minimum atomic E-state index is -0.0157. The van der Waals surface area contributed by atoms with Crippen molar-refractivity contribution in [2.24, 2.45) is 5.73 Å². The van der Waals surface area contributed by atoms with Gasteiger partial charge in [-0.3, -0.25) is 0 Å². The molecule has 1 rings (SSSR count). The van der Waals surface area contributed by atoms with Gasteiger partial charge in [0.2, 0.25) is 5.88 Å². The van der Waals surface area contributed by atoms with Crippen molar-refractivity contribution in [3.63, 3.8) is 0 Å². The first-order chi connectivity index (χ1) is 9.74. The van der Waals surface area contributed by atoms with E-state index in [2.05, 4.69) is 4.98 Å². The second kappa shape index (κ2) is 10.6. The van der Waals surface area contributed by atoms with E-state index in [0.29, 0.717) is 45.5 Å². The standard InChI is InChI=1S/C14H24N2O4/c1-12(15)13-3-4-14(16-11-13)20-10-9-19-8-7-18-6-5-17-2/h3-4,11-12H,5-10,15H2,1-2H3/t12-/m0/s1. The van der Waals surface area contributed by atoms with Gasteiger partial charge in [0, 0.05) is 25.4 Å².